The number of rotatable bonds is 6. The summed E-state index contributed by atoms with van der Waals surface area (Å²) in [6, 6.07) is 21.0. The lowest BCUT2D eigenvalue weighted by atomic mass is 9.72. The minimum atomic E-state index is -1.09. The van der Waals surface area contributed by atoms with E-state index in [1.54, 1.807) is 0 Å². The fraction of sp³-hybridized carbons (Fsp3) is 0.270. The first kappa shape index (κ1) is 31.2. The second-order valence-electron chi connectivity index (χ2n) is 12.8. The van der Waals surface area contributed by atoms with Gasteiger partial charge in [0, 0.05) is 17.7 Å². The van der Waals surface area contributed by atoms with Gasteiger partial charge in [-0.15, -0.1) is 0 Å². The summed E-state index contributed by atoms with van der Waals surface area (Å²) in [4.78, 5) is 48.9. The van der Waals surface area contributed by atoms with Gasteiger partial charge < -0.3 is 39.0 Å². The summed E-state index contributed by atoms with van der Waals surface area (Å²) >= 11 is 0. The zero-order valence-corrected chi connectivity index (χ0v) is 27.4. The number of nitrogens with one attached hydrogen (secondary N) is 3. The van der Waals surface area contributed by atoms with Gasteiger partial charge in [0.2, 0.25) is 17.7 Å². The van der Waals surface area contributed by atoms with Crippen molar-refractivity contribution in [3.63, 3.8) is 0 Å². The molecule has 3 aliphatic rings. The van der Waals surface area contributed by atoms with Crippen LogP contribution >= 0.6 is 0 Å². The largest absolute Gasteiger partial charge is 0.469 e. The molecule has 13 nitrogen and oxygen atoms in total. The number of hydrogen-bond donors (Lipinski definition) is 3. The van der Waals surface area contributed by atoms with Crippen LogP contribution in [0.15, 0.2) is 87.9 Å². The summed E-state index contributed by atoms with van der Waals surface area (Å²) in [5, 5.41) is 9.36. The summed E-state index contributed by atoms with van der Waals surface area (Å²) < 4.78 is 29.6. The van der Waals surface area contributed by atoms with Crippen LogP contribution in [0.4, 0.5) is 10.5 Å². The number of ether oxygens (including phenoxy) is 3. The fourth-order valence-electron chi connectivity index (χ4n) is 6.94. The Morgan fingerprint density at radius 3 is 2.62 bits per heavy atom. The van der Waals surface area contributed by atoms with E-state index < -0.39 is 41.7 Å². The number of oxazole rings is 2. The molecule has 0 saturated carbocycles. The van der Waals surface area contributed by atoms with Gasteiger partial charge >= 0.3 is 12.1 Å². The quantitative estimate of drug-likeness (QED) is 0.201. The molecule has 1 spiro atoms. The minimum Gasteiger partial charge on any atom is -0.469 e. The Morgan fingerprint density at radius 1 is 1.02 bits per heavy atom. The van der Waals surface area contributed by atoms with E-state index in [0.29, 0.717) is 11.5 Å². The zero-order valence-electron chi connectivity index (χ0n) is 27.4. The number of alkyl carbamates (subject to hydrolysis) is 1. The Hall–Kier alpha value is -6.11. The molecule has 1 unspecified atom stereocenters. The molecule has 13 heteroatoms. The molecular formula is C37H33N5O8. The first-order valence-corrected chi connectivity index (χ1v) is 16.3. The van der Waals surface area contributed by atoms with E-state index >= 15 is 0 Å². The minimum absolute atomic E-state index is 0.0296. The van der Waals surface area contributed by atoms with Crippen molar-refractivity contribution >= 4 is 23.7 Å². The lowest BCUT2D eigenvalue weighted by molar-refractivity contribution is -0.124. The molecule has 3 N–H and O–H groups in total. The summed E-state index contributed by atoms with van der Waals surface area (Å²) in [6.45, 7) is 3.89. The molecule has 0 radical (unpaired) electrons. The molecule has 0 aliphatic carbocycles. The Labute approximate surface area is 286 Å². The Bertz CT molecular complexity index is 2120. The number of amides is 2. The number of aromatic nitrogens is 2. The van der Waals surface area contributed by atoms with E-state index in [2.05, 4.69) is 20.9 Å². The SMILES string of the molecule is COC(=O)c1coc(-c2nc3oc2[C@@]24c5ccccc5NC2Oc2ccc(cc24)C[C@H](NC(=O)OCc2ccccc2)C(=O)N[C@H]3C(C)C)n1. The van der Waals surface area contributed by atoms with Gasteiger partial charge in [-0.2, -0.15) is 0 Å². The average Bonchev–Trinajstić information content (AvgIpc) is 3.90. The van der Waals surface area contributed by atoms with E-state index in [0.717, 1.165) is 27.9 Å². The van der Waals surface area contributed by atoms with E-state index in [-0.39, 0.29) is 42.1 Å². The highest BCUT2D eigenvalue weighted by molar-refractivity contribution is 5.88. The van der Waals surface area contributed by atoms with E-state index in [1.807, 2.05) is 86.6 Å². The number of methoxy groups -OCH3 is 1. The van der Waals surface area contributed by atoms with Crippen molar-refractivity contribution in [3.05, 3.63) is 119 Å². The number of carbonyl (C=O) groups is 3. The molecule has 5 heterocycles. The van der Waals surface area contributed by atoms with Gasteiger partial charge in [-0.05, 0) is 34.7 Å². The average molecular weight is 676 g/mol. The monoisotopic (exact) mass is 675 g/mol. The van der Waals surface area contributed by atoms with Crippen LogP contribution in [0.5, 0.6) is 5.75 Å². The molecule has 4 atom stereocenters. The van der Waals surface area contributed by atoms with Gasteiger partial charge in [-0.3, -0.25) is 4.79 Å². The van der Waals surface area contributed by atoms with Gasteiger partial charge in [-0.1, -0.05) is 74.5 Å². The zero-order chi connectivity index (χ0) is 34.6. The molecular weight excluding hydrogens is 642 g/mol. The van der Waals surface area contributed by atoms with Crippen LogP contribution < -0.4 is 20.7 Å². The second kappa shape index (κ2) is 12.1. The van der Waals surface area contributed by atoms with Crippen LogP contribution in [0.3, 0.4) is 0 Å². The third-order valence-corrected chi connectivity index (χ3v) is 9.34. The van der Waals surface area contributed by atoms with Crippen molar-refractivity contribution in [3.8, 4) is 17.3 Å². The van der Waals surface area contributed by atoms with Crippen LogP contribution in [-0.4, -0.2) is 47.3 Å². The number of hydrogen-bond acceptors (Lipinski definition) is 11. The van der Waals surface area contributed by atoms with Crippen LogP contribution in [0, 0.1) is 5.92 Å². The lowest BCUT2D eigenvalue weighted by Gasteiger charge is -2.28. The standard InChI is InChI=1S/C37H33N5O8/c1-19(2)28-33-42-29(32-38-26(18-47-32)34(44)46-3)30(50-33)37-22-11-7-8-12-24(22)39-35(37)49-27-14-13-21(15-23(27)37)16-25(31(43)41-28)40-36(45)48-17-20-9-5-4-6-10-20/h4-15,18-19,25,28,35,39H,16-17H2,1-3H3,(H,40,45)(H,41,43)/t25-,28-,35?,37-/m0/s1. The highest BCUT2D eigenvalue weighted by Gasteiger charge is 2.61. The van der Waals surface area contributed by atoms with Gasteiger partial charge in [0.1, 0.15) is 36.1 Å². The highest BCUT2D eigenvalue weighted by Crippen LogP contribution is 2.59. The van der Waals surface area contributed by atoms with Crippen molar-refractivity contribution < 1.29 is 37.4 Å². The summed E-state index contributed by atoms with van der Waals surface area (Å²) in [6.07, 6.45) is -0.0308. The van der Waals surface area contributed by atoms with Gasteiger partial charge in [0.15, 0.2) is 23.4 Å². The number of nitrogens with zero attached hydrogens (tertiary/aromatic N) is 2. The Balaban J connectivity index is 1.28. The molecule has 254 valence electrons. The molecule has 4 bridgehead atoms. The van der Waals surface area contributed by atoms with Crippen LogP contribution in [0.2, 0.25) is 0 Å². The number of anilines is 1. The highest BCUT2D eigenvalue weighted by atomic mass is 16.5. The number of benzene rings is 3. The van der Waals surface area contributed by atoms with Crippen LogP contribution in [0.25, 0.3) is 11.6 Å². The summed E-state index contributed by atoms with van der Waals surface area (Å²) in [5.41, 5.74) is 3.13. The predicted molar refractivity (Wildman–Crippen MR) is 177 cm³/mol. The van der Waals surface area contributed by atoms with Gasteiger partial charge in [0.05, 0.1) is 7.11 Å². The molecule has 0 fully saturated rings. The van der Waals surface area contributed by atoms with Crippen molar-refractivity contribution in [1.29, 1.82) is 0 Å². The maximum atomic E-state index is 14.1. The van der Waals surface area contributed by atoms with Crippen molar-refractivity contribution in [2.75, 3.05) is 12.4 Å². The number of esters is 1. The predicted octanol–water partition coefficient (Wildman–Crippen LogP) is 5.26. The van der Waals surface area contributed by atoms with E-state index in [1.165, 1.54) is 13.4 Å². The summed E-state index contributed by atoms with van der Waals surface area (Å²) in [7, 11) is 1.26. The van der Waals surface area contributed by atoms with E-state index in [9.17, 15) is 14.4 Å². The topological polar surface area (TPSA) is 167 Å². The first-order valence-electron chi connectivity index (χ1n) is 16.3. The third-order valence-electron chi connectivity index (χ3n) is 9.34. The lowest BCUT2D eigenvalue weighted by Crippen LogP contribution is -2.49. The maximum Gasteiger partial charge on any atom is 0.408 e. The Kier molecular flexibility index (Phi) is 7.54. The summed E-state index contributed by atoms with van der Waals surface area (Å²) in [5.74, 6) is -0.162. The van der Waals surface area contributed by atoms with Crippen LogP contribution in [0.1, 0.15) is 64.3 Å². The van der Waals surface area contributed by atoms with Gasteiger partial charge in [0.25, 0.3) is 0 Å². The number of fused-ring (bicyclic) bond motifs is 4. The molecule has 2 aromatic heterocycles. The molecule has 5 aromatic rings. The molecule has 8 rings (SSSR count). The smallest absolute Gasteiger partial charge is 0.408 e. The van der Waals surface area contributed by atoms with Crippen LogP contribution in [-0.2, 0) is 32.7 Å². The third kappa shape index (κ3) is 5.04. The van der Waals surface area contributed by atoms with Crippen molar-refractivity contribution in [1.82, 2.24) is 20.6 Å². The van der Waals surface area contributed by atoms with Crippen molar-refractivity contribution in [2.24, 2.45) is 5.92 Å². The van der Waals surface area contributed by atoms with Crippen molar-refractivity contribution in [2.45, 2.75) is 50.6 Å². The Morgan fingerprint density at radius 2 is 1.82 bits per heavy atom. The molecule has 3 aliphatic heterocycles. The molecule has 0 saturated heterocycles. The number of para-hydroxylation sites is 1. The number of carbonyl (C=O) groups excluding carboxylic acids is 3. The van der Waals surface area contributed by atoms with Gasteiger partial charge in [-0.25, -0.2) is 19.6 Å². The second-order valence-corrected chi connectivity index (χ2v) is 12.8. The van der Waals surface area contributed by atoms with E-state index in [4.69, 9.17) is 28.0 Å². The maximum absolute atomic E-state index is 14.1. The molecule has 2 amide bonds. The molecule has 50 heavy (non-hydrogen) atoms. The normalized spacial score (nSPS) is 21.4. The first-order chi connectivity index (χ1) is 24.3. The molecule has 3 aromatic carbocycles. The fourth-order valence-corrected chi connectivity index (χ4v) is 6.94.